The highest BCUT2D eigenvalue weighted by molar-refractivity contribution is 6.00. The summed E-state index contributed by atoms with van der Waals surface area (Å²) in [6, 6.07) is 11.3. The number of hydrogen-bond donors (Lipinski definition) is 2. The Labute approximate surface area is 224 Å². The van der Waals surface area contributed by atoms with Crippen molar-refractivity contribution in [2.24, 2.45) is 0 Å². The van der Waals surface area contributed by atoms with E-state index in [2.05, 4.69) is 46.1 Å². The number of likely N-dealkylation sites (tertiary alicyclic amines) is 1. The second kappa shape index (κ2) is 9.99. The molecule has 5 aromatic heterocycles. The highest BCUT2D eigenvalue weighted by atomic mass is 19.1. The zero-order chi connectivity index (χ0) is 26.2. The number of pyridine rings is 2. The standard InChI is InChI=1S/C30H27FN8/c31-21-13-19(4-3-11-39-9-1-2-10-39)12-20(14-21)22-5-6-34-30-23(22)15-26(36-30)29-24-16-25(28-17-32-7-8-33-28)35-18-27(24)37-38-29/h5-8,12-18H,1-4,9-11H2,(H,34,36)(H,37,38). The van der Waals surface area contributed by atoms with Gasteiger partial charge in [0.1, 0.15) is 22.9 Å². The van der Waals surface area contributed by atoms with Crippen LogP contribution in [0.4, 0.5) is 4.39 Å². The zero-order valence-corrected chi connectivity index (χ0v) is 21.4. The van der Waals surface area contributed by atoms with E-state index in [1.165, 1.54) is 25.9 Å². The molecule has 0 aliphatic carbocycles. The maximum absolute atomic E-state index is 14.8. The maximum Gasteiger partial charge on any atom is 0.138 e. The van der Waals surface area contributed by atoms with Crippen molar-refractivity contribution >= 4 is 21.9 Å². The van der Waals surface area contributed by atoms with E-state index in [-0.39, 0.29) is 5.82 Å². The number of nitrogens with zero attached hydrogens (tertiary/aromatic N) is 6. The molecule has 1 saturated heterocycles. The van der Waals surface area contributed by atoms with Gasteiger partial charge in [-0.15, -0.1) is 0 Å². The number of halogens is 1. The molecule has 1 fully saturated rings. The Hall–Kier alpha value is -4.50. The molecule has 6 heterocycles. The van der Waals surface area contributed by atoms with Crippen LogP contribution in [-0.2, 0) is 6.42 Å². The summed E-state index contributed by atoms with van der Waals surface area (Å²) in [7, 11) is 0. The van der Waals surface area contributed by atoms with Gasteiger partial charge in [0.05, 0.1) is 29.3 Å². The molecule has 7 rings (SSSR count). The van der Waals surface area contributed by atoms with Gasteiger partial charge >= 0.3 is 0 Å². The first-order chi connectivity index (χ1) is 19.2. The minimum Gasteiger partial charge on any atom is -0.338 e. The molecule has 0 spiro atoms. The van der Waals surface area contributed by atoms with E-state index in [1.54, 1.807) is 43.1 Å². The molecule has 39 heavy (non-hydrogen) atoms. The van der Waals surface area contributed by atoms with Gasteiger partial charge in [0.25, 0.3) is 0 Å². The number of H-pyrrole nitrogens is 2. The van der Waals surface area contributed by atoms with Gasteiger partial charge in [0.15, 0.2) is 0 Å². The van der Waals surface area contributed by atoms with Gasteiger partial charge in [-0.2, -0.15) is 5.10 Å². The van der Waals surface area contributed by atoms with Crippen molar-refractivity contribution in [1.29, 1.82) is 0 Å². The fraction of sp³-hybridized carbons (Fsp3) is 0.233. The topological polar surface area (TPSA) is 99.3 Å². The Balaban J connectivity index is 1.23. The first-order valence-corrected chi connectivity index (χ1v) is 13.3. The summed E-state index contributed by atoms with van der Waals surface area (Å²) < 4.78 is 14.8. The first-order valence-electron chi connectivity index (χ1n) is 13.3. The molecule has 194 valence electrons. The monoisotopic (exact) mass is 518 g/mol. The lowest BCUT2D eigenvalue weighted by Crippen LogP contribution is -2.20. The molecular weight excluding hydrogens is 491 g/mol. The molecule has 9 heteroatoms. The molecule has 1 aliphatic heterocycles. The Bertz CT molecular complexity index is 1770. The molecule has 0 saturated carbocycles. The number of nitrogens with one attached hydrogen (secondary N) is 2. The van der Waals surface area contributed by atoms with Crippen molar-refractivity contribution in [2.75, 3.05) is 19.6 Å². The molecule has 8 nitrogen and oxygen atoms in total. The summed E-state index contributed by atoms with van der Waals surface area (Å²) in [4.78, 5) is 23.5. The van der Waals surface area contributed by atoms with Crippen molar-refractivity contribution in [1.82, 2.24) is 40.0 Å². The number of rotatable bonds is 7. The molecule has 1 aliphatic rings. The smallest absolute Gasteiger partial charge is 0.138 e. The lowest BCUT2D eigenvalue weighted by Gasteiger charge is -2.14. The minimum atomic E-state index is -0.216. The van der Waals surface area contributed by atoms with Crippen LogP contribution < -0.4 is 0 Å². The van der Waals surface area contributed by atoms with Crippen LogP contribution in [0.2, 0.25) is 0 Å². The number of aromatic nitrogens is 7. The zero-order valence-electron chi connectivity index (χ0n) is 21.4. The van der Waals surface area contributed by atoms with Crippen LogP contribution in [-0.4, -0.2) is 59.7 Å². The van der Waals surface area contributed by atoms with Gasteiger partial charge in [0.2, 0.25) is 0 Å². The number of aromatic amines is 2. The van der Waals surface area contributed by atoms with Crippen LogP contribution in [0.5, 0.6) is 0 Å². The predicted octanol–water partition coefficient (Wildman–Crippen LogP) is 5.79. The average molecular weight is 519 g/mol. The van der Waals surface area contributed by atoms with Crippen molar-refractivity contribution in [3.63, 3.8) is 0 Å². The molecule has 0 atom stereocenters. The molecule has 0 unspecified atom stereocenters. The fourth-order valence-corrected chi connectivity index (χ4v) is 5.56. The maximum atomic E-state index is 14.8. The summed E-state index contributed by atoms with van der Waals surface area (Å²) in [6.07, 6.45) is 12.9. The minimum absolute atomic E-state index is 0.216. The van der Waals surface area contributed by atoms with Gasteiger partial charge in [-0.3, -0.25) is 20.1 Å². The van der Waals surface area contributed by atoms with E-state index in [1.807, 2.05) is 18.2 Å². The quantitative estimate of drug-likeness (QED) is 0.277. The summed E-state index contributed by atoms with van der Waals surface area (Å²) in [5.41, 5.74) is 7.31. The Kier molecular flexibility index (Phi) is 6.05. The third-order valence-corrected chi connectivity index (χ3v) is 7.47. The van der Waals surface area contributed by atoms with E-state index in [0.29, 0.717) is 11.4 Å². The highest BCUT2D eigenvalue weighted by Gasteiger charge is 2.17. The van der Waals surface area contributed by atoms with Gasteiger partial charge in [-0.05, 0) is 92.3 Å². The average Bonchev–Trinajstić information content (AvgIpc) is 3.72. The van der Waals surface area contributed by atoms with Crippen molar-refractivity contribution in [3.05, 3.63) is 78.8 Å². The van der Waals surface area contributed by atoms with E-state index in [9.17, 15) is 4.39 Å². The summed E-state index contributed by atoms with van der Waals surface area (Å²) in [5, 5.41) is 9.46. The third-order valence-electron chi connectivity index (χ3n) is 7.47. The van der Waals surface area contributed by atoms with Gasteiger partial charge in [-0.1, -0.05) is 6.07 Å². The number of benzene rings is 1. The molecule has 2 N–H and O–H groups in total. The van der Waals surface area contributed by atoms with Gasteiger partial charge < -0.3 is 9.88 Å². The van der Waals surface area contributed by atoms with Gasteiger partial charge in [-0.25, -0.2) is 9.37 Å². The predicted molar refractivity (Wildman–Crippen MR) is 149 cm³/mol. The number of fused-ring (bicyclic) bond motifs is 2. The van der Waals surface area contributed by atoms with E-state index in [0.717, 1.165) is 69.4 Å². The Morgan fingerprint density at radius 3 is 2.67 bits per heavy atom. The van der Waals surface area contributed by atoms with Gasteiger partial charge in [0, 0.05) is 29.4 Å². The van der Waals surface area contributed by atoms with Crippen LogP contribution in [0, 0.1) is 5.82 Å². The lowest BCUT2D eigenvalue weighted by molar-refractivity contribution is 0.334. The molecular formula is C30H27FN8. The Morgan fingerprint density at radius 2 is 1.79 bits per heavy atom. The van der Waals surface area contributed by atoms with Crippen LogP contribution in [0.3, 0.4) is 0 Å². The normalized spacial score (nSPS) is 14.1. The van der Waals surface area contributed by atoms with Crippen molar-refractivity contribution in [3.8, 4) is 33.9 Å². The molecule has 0 bridgehead atoms. The Morgan fingerprint density at radius 1 is 0.872 bits per heavy atom. The number of aryl methyl sites for hydroxylation is 1. The summed E-state index contributed by atoms with van der Waals surface area (Å²) >= 11 is 0. The van der Waals surface area contributed by atoms with Crippen molar-refractivity contribution < 1.29 is 4.39 Å². The highest BCUT2D eigenvalue weighted by Crippen LogP contribution is 2.34. The van der Waals surface area contributed by atoms with E-state index in [4.69, 9.17) is 0 Å². The van der Waals surface area contributed by atoms with Crippen LogP contribution in [0.15, 0.2) is 67.4 Å². The fourth-order valence-electron chi connectivity index (χ4n) is 5.56. The van der Waals surface area contributed by atoms with E-state index < -0.39 is 0 Å². The summed E-state index contributed by atoms with van der Waals surface area (Å²) in [6.45, 7) is 3.43. The summed E-state index contributed by atoms with van der Waals surface area (Å²) in [5.74, 6) is -0.216. The van der Waals surface area contributed by atoms with Crippen LogP contribution in [0.25, 0.3) is 55.8 Å². The molecule has 1 aromatic carbocycles. The molecule has 0 radical (unpaired) electrons. The number of hydrogen-bond acceptors (Lipinski definition) is 6. The van der Waals surface area contributed by atoms with E-state index >= 15 is 0 Å². The molecule has 6 aromatic rings. The second-order valence-corrected chi connectivity index (χ2v) is 10.1. The second-order valence-electron chi connectivity index (χ2n) is 10.1. The van der Waals surface area contributed by atoms with Crippen molar-refractivity contribution in [2.45, 2.75) is 25.7 Å². The SMILES string of the molecule is Fc1cc(CCCN2CCCC2)cc(-c2ccnc3[nH]c(-c4n[nH]c5cnc(-c6cnccn6)cc45)cc23)c1. The lowest BCUT2D eigenvalue weighted by atomic mass is 9.99. The van der Waals surface area contributed by atoms with Crippen LogP contribution in [0.1, 0.15) is 24.8 Å². The molecule has 0 amide bonds. The largest absolute Gasteiger partial charge is 0.338 e. The first kappa shape index (κ1) is 23.6. The third kappa shape index (κ3) is 4.66. The van der Waals surface area contributed by atoms with Crippen LogP contribution >= 0.6 is 0 Å².